The minimum Gasteiger partial charge on any atom is -0.322 e. The summed E-state index contributed by atoms with van der Waals surface area (Å²) in [7, 11) is 0. The predicted molar refractivity (Wildman–Crippen MR) is 107 cm³/mol. The van der Waals surface area contributed by atoms with E-state index in [0.717, 1.165) is 37.1 Å². The van der Waals surface area contributed by atoms with Crippen LogP contribution >= 0.6 is 0 Å². The van der Waals surface area contributed by atoms with Crippen LogP contribution in [0.5, 0.6) is 0 Å². The van der Waals surface area contributed by atoms with Crippen molar-refractivity contribution in [3.63, 3.8) is 0 Å². The summed E-state index contributed by atoms with van der Waals surface area (Å²) < 4.78 is 0. The Balaban J connectivity index is 1.47. The molecule has 1 aliphatic heterocycles. The van der Waals surface area contributed by atoms with Crippen LogP contribution in [0, 0.1) is 0 Å². The number of benzene rings is 3. The lowest BCUT2D eigenvalue weighted by Gasteiger charge is -2.23. The maximum absolute atomic E-state index is 13.0. The topological polar surface area (TPSA) is 36.9 Å². The molecular weight excluding hydrogens is 332 g/mol. The van der Waals surface area contributed by atoms with Crippen molar-refractivity contribution < 1.29 is 10.1 Å². The molecule has 0 fully saturated rings. The summed E-state index contributed by atoms with van der Waals surface area (Å²) in [5.41, 5.74) is 4.60. The summed E-state index contributed by atoms with van der Waals surface area (Å²) in [4.78, 5) is 15.0. The van der Waals surface area contributed by atoms with E-state index in [2.05, 4.69) is 59.9 Å². The summed E-state index contributed by atoms with van der Waals surface area (Å²) >= 11 is 0. The largest absolute Gasteiger partial charge is 0.322 e. The predicted octanol–water partition coefficient (Wildman–Crippen LogP) is 3.19. The second-order valence-electron chi connectivity index (χ2n) is 7.03. The second-order valence-corrected chi connectivity index (χ2v) is 7.03. The van der Waals surface area contributed by atoms with Crippen molar-refractivity contribution in [2.24, 2.45) is 0 Å². The Morgan fingerprint density at radius 1 is 0.741 bits per heavy atom. The Hall–Kier alpha value is -2.91. The van der Waals surface area contributed by atoms with Crippen LogP contribution in [0.1, 0.15) is 33.2 Å². The van der Waals surface area contributed by atoms with Gasteiger partial charge in [-0.25, -0.2) is 0 Å². The van der Waals surface area contributed by atoms with Gasteiger partial charge in [0.1, 0.15) is 0 Å². The summed E-state index contributed by atoms with van der Waals surface area (Å²) in [5, 5.41) is 2.31. The van der Waals surface area contributed by atoms with Gasteiger partial charge in [0.25, 0.3) is 5.91 Å². The van der Waals surface area contributed by atoms with Crippen molar-refractivity contribution in [2.75, 3.05) is 13.1 Å². The van der Waals surface area contributed by atoms with Gasteiger partial charge in [0, 0.05) is 18.5 Å². The Labute approximate surface area is 160 Å². The Morgan fingerprint density at radius 2 is 1.33 bits per heavy atom. The molecule has 0 saturated carbocycles. The molecule has 0 aromatic heterocycles. The summed E-state index contributed by atoms with van der Waals surface area (Å²) in [5.74, 6) is 0.155. The van der Waals surface area contributed by atoms with Gasteiger partial charge in [0.05, 0.1) is 12.1 Å². The zero-order chi connectivity index (χ0) is 18.5. The van der Waals surface area contributed by atoms with Crippen LogP contribution < -0.4 is 5.32 Å². The Morgan fingerprint density at radius 3 is 2.04 bits per heavy atom. The van der Waals surface area contributed by atoms with E-state index < -0.39 is 0 Å². The first-order valence-corrected chi connectivity index (χ1v) is 9.64. The average Bonchev–Trinajstić information content (AvgIpc) is 3.00. The molecular formula is C24H25N2O+. The maximum Gasteiger partial charge on any atom is 0.259 e. The van der Waals surface area contributed by atoms with Crippen molar-refractivity contribution >= 4 is 5.91 Å². The smallest absolute Gasteiger partial charge is 0.259 e. The van der Waals surface area contributed by atoms with Gasteiger partial charge in [-0.05, 0) is 23.6 Å². The highest BCUT2D eigenvalue weighted by atomic mass is 16.2. The highest BCUT2D eigenvalue weighted by Gasteiger charge is 2.38. The number of quaternary nitrogens is 1. The standard InChI is InChI=1S/C24H24N2O/c27-24-22-14-8-7-13-21(22)23(25-17-15-19-9-3-1-4-10-19)26(24)18-16-20-11-5-2-6-12-20/h1-14,23,25H,15-18H2/p+1. The molecule has 27 heavy (non-hydrogen) atoms. The zero-order valence-electron chi connectivity index (χ0n) is 15.4. The number of rotatable bonds is 7. The summed E-state index contributed by atoms with van der Waals surface area (Å²) in [6.45, 7) is 1.70. The van der Waals surface area contributed by atoms with E-state index in [1.54, 1.807) is 0 Å². The van der Waals surface area contributed by atoms with Crippen LogP contribution in [-0.4, -0.2) is 23.9 Å². The number of carbonyl (C=O) groups is 1. The number of nitrogens with two attached hydrogens (primary N) is 1. The number of nitrogens with zero attached hydrogens (tertiary/aromatic N) is 1. The normalized spacial score (nSPS) is 15.8. The molecule has 1 heterocycles. The molecule has 1 unspecified atom stereocenters. The van der Waals surface area contributed by atoms with Crippen molar-refractivity contribution in [1.82, 2.24) is 4.90 Å². The number of hydrogen-bond donors (Lipinski definition) is 1. The van der Waals surface area contributed by atoms with Gasteiger partial charge in [-0.1, -0.05) is 78.9 Å². The minimum absolute atomic E-state index is 0.0705. The molecule has 4 rings (SSSR count). The molecule has 1 amide bonds. The number of hydrogen-bond acceptors (Lipinski definition) is 1. The van der Waals surface area contributed by atoms with Crippen LogP contribution in [0.3, 0.4) is 0 Å². The molecule has 1 aliphatic rings. The van der Waals surface area contributed by atoms with E-state index in [0.29, 0.717) is 0 Å². The summed E-state index contributed by atoms with van der Waals surface area (Å²) in [6, 6.07) is 29.0. The minimum atomic E-state index is 0.0705. The van der Waals surface area contributed by atoms with E-state index in [1.807, 2.05) is 35.2 Å². The van der Waals surface area contributed by atoms with E-state index in [9.17, 15) is 4.79 Å². The van der Waals surface area contributed by atoms with Crippen molar-refractivity contribution in [3.8, 4) is 0 Å². The summed E-state index contributed by atoms with van der Waals surface area (Å²) in [6.07, 6.45) is 1.95. The van der Waals surface area contributed by atoms with Gasteiger partial charge in [0.2, 0.25) is 0 Å². The molecule has 136 valence electrons. The van der Waals surface area contributed by atoms with Gasteiger partial charge < -0.3 is 5.32 Å². The van der Waals surface area contributed by atoms with Crippen LogP contribution in [0.25, 0.3) is 0 Å². The highest BCUT2D eigenvalue weighted by Crippen LogP contribution is 2.29. The average molecular weight is 357 g/mol. The van der Waals surface area contributed by atoms with Crippen molar-refractivity contribution in [1.29, 1.82) is 0 Å². The lowest BCUT2D eigenvalue weighted by molar-refractivity contribution is -0.711. The molecule has 3 heteroatoms. The quantitative estimate of drug-likeness (QED) is 0.693. The first kappa shape index (κ1) is 17.5. The number of amides is 1. The van der Waals surface area contributed by atoms with E-state index >= 15 is 0 Å². The first-order chi connectivity index (χ1) is 13.3. The third-order valence-corrected chi connectivity index (χ3v) is 5.26. The van der Waals surface area contributed by atoms with Crippen molar-refractivity contribution in [2.45, 2.75) is 19.0 Å². The molecule has 3 nitrogen and oxygen atoms in total. The second kappa shape index (κ2) is 8.19. The van der Waals surface area contributed by atoms with Gasteiger partial charge in [-0.3, -0.25) is 9.69 Å². The molecule has 0 spiro atoms. The van der Waals surface area contributed by atoms with Crippen LogP contribution in [0.2, 0.25) is 0 Å². The lowest BCUT2D eigenvalue weighted by Crippen LogP contribution is -2.88. The van der Waals surface area contributed by atoms with Crippen LogP contribution in [0.15, 0.2) is 84.9 Å². The fourth-order valence-corrected chi connectivity index (χ4v) is 3.84. The van der Waals surface area contributed by atoms with E-state index in [-0.39, 0.29) is 12.1 Å². The van der Waals surface area contributed by atoms with Gasteiger partial charge in [-0.15, -0.1) is 0 Å². The Kier molecular flexibility index (Phi) is 5.31. The molecule has 2 N–H and O–H groups in total. The van der Waals surface area contributed by atoms with Gasteiger partial charge >= 0.3 is 0 Å². The van der Waals surface area contributed by atoms with Crippen LogP contribution in [0.4, 0.5) is 0 Å². The highest BCUT2D eigenvalue weighted by molar-refractivity contribution is 5.98. The molecule has 0 aliphatic carbocycles. The van der Waals surface area contributed by atoms with Gasteiger partial charge in [-0.2, -0.15) is 0 Å². The van der Waals surface area contributed by atoms with Crippen molar-refractivity contribution in [3.05, 3.63) is 107 Å². The molecule has 3 aromatic rings. The maximum atomic E-state index is 13.0. The zero-order valence-corrected chi connectivity index (χ0v) is 15.4. The van der Waals surface area contributed by atoms with E-state index in [4.69, 9.17) is 0 Å². The fraction of sp³-hybridized carbons (Fsp3) is 0.208. The molecule has 0 bridgehead atoms. The fourth-order valence-electron chi connectivity index (χ4n) is 3.84. The number of fused-ring (bicyclic) bond motifs is 1. The SMILES string of the molecule is O=C1c2ccccc2C([NH2+]CCc2ccccc2)N1CCc1ccccc1. The molecule has 1 atom stereocenters. The first-order valence-electron chi connectivity index (χ1n) is 9.64. The number of carbonyl (C=O) groups excluding carboxylic acids is 1. The molecule has 0 radical (unpaired) electrons. The molecule has 0 saturated heterocycles. The lowest BCUT2D eigenvalue weighted by atomic mass is 10.1. The molecule has 3 aromatic carbocycles. The Bertz CT molecular complexity index is 893. The third-order valence-electron chi connectivity index (χ3n) is 5.26. The van der Waals surface area contributed by atoms with Crippen LogP contribution in [-0.2, 0) is 12.8 Å². The van der Waals surface area contributed by atoms with E-state index in [1.165, 1.54) is 11.1 Å². The third kappa shape index (κ3) is 3.93. The van der Waals surface area contributed by atoms with Gasteiger partial charge in [0.15, 0.2) is 6.17 Å². The monoisotopic (exact) mass is 357 g/mol.